The van der Waals surface area contributed by atoms with E-state index in [9.17, 15) is 34.8 Å². The number of sulfone groups is 3. The number of benzene rings is 8. The molecule has 35 heteroatoms. The number of piperidine rings is 1. The number of hydrogen-bond donors (Lipinski definition) is 10. The monoisotopic (exact) mass is 1990 g/mol. The van der Waals surface area contributed by atoms with Gasteiger partial charge in [0.25, 0.3) is 5.91 Å². The van der Waals surface area contributed by atoms with E-state index in [1.807, 2.05) is 144 Å². The molecule has 1 aliphatic carbocycles. The van der Waals surface area contributed by atoms with Gasteiger partial charge in [0.05, 0.1) is 112 Å². The van der Waals surface area contributed by atoms with Gasteiger partial charge in [-0.2, -0.15) is 19.9 Å². The van der Waals surface area contributed by atoms with E-state index in [1.165, 1.54) is 18.0 Å². The van der Waals surface area contributed by atoms with E-state index in [4.69, 9.17) is 50.3 Å². The molecule has 6 heterocycles. The van der Waals surface area contributed by atoms with Crippen molar-refractivity contribution in [3.05, 3.63) is 255 Å². The van der Waals surface area contributed by atoms with Crippen LogP contribution in [0.15, 0.2) is 204 Å². The Morgan fingerprint density at radius 1 is 0.429 bits per heavy atom. The molecular formula is C105H117Cl2N19O11S3. The largest absolute Gasteiger partial charge is 0.489 e. The van der Waals surface area contributed by atoms with Crippen LogP contribution in [0.1, 0.15) is 187 Å². The lowest BCUT2D eigenvalue weighted by molar-refractivity contribution is 0.0942. The van der Waals surface area contributed by atoms with Crippen molar-refractivity contribution in [2.24, 2.45) is 0 Å². The van der Waals surface area contributed by atoms with E-state index in [1.54, 1.807) is 145 Å². The molecule has 8 aromatic carbocycles. The Kier molecular flexibility index (Phi) is 34.9. The third kappa shape index (κ3) is 26.1. The summed E-state index contributed by atoms with van der Waals surface area (Å²) in [4.78, 5) is 65.6. The highest BCUT2D eigenvalue weighted by atomic mass is 35.5. The molecular weight excluding hydrogens is 1870 g/mol. The van der Waals surface area contributed by atoms with Crippen molar-refractivity contribution >= 4 is 168 Å². The molecule has 1 saturated heterocycles. The number of amides is 1. The Labute approximate surface area is 829 Å². The first kappa shape index (κ1) is 105. The third-order valence-electron chi connectivity index (χ3n) is 22.3. The number of anilines is 16. The van der Waals surface area contributed by atoms with Crippen molar-refractivity contribution in [3.63, 3.8) is 0 Å². The molecule has 0 spiro atoms. The molecule has 730 valence electrons. The molecule has 5 aromatic heterocycles. The molecule has 0 radical (unpaired) electrons. The second kappa shape index (κ2) is 46.6. The number of fused-ring (bicyclic) bond motifs is 2. The summed E-state index contributed by atoms with van der Waals surface area (Å²) in [6.45, 7) is 35.1. The standard InChI is InChI=1S/C27H29ClN6O2S.C27H31N5O2.C26H30N4O3S.C25H27ClN4O4S/c1-17(2)37(35,36)25-6-4-3-5-24(25)32-26-22(28)16-31-27(34-26)33-23-8-7-19(18-9-12-29-13-10-18)20-11-14-30-15-21(20)23;1-8-20-14-23(24(13-18(20)6)34-17(4)5)31-27-28-15-19(7)25(32-27)30-22-12-10-9-11-21(22)26(33)29-16(2)3;1-8-20-14-22(23(13-18(20)6)33-16(2)3)29-26-27-15-19(7)25(30-26)28-21-11-9-10-12-24(21)34(31,32)17(4)5;1-14(2)34-21-12-10-16-17(9-11-20(16)31)23(21)29-25-27-13-18(26)24(30-25)28-19-7-5-6-8-22(19)35(32,33)15(3)4/h3-8,11,14-18,29H,9-10,12-13H2,1-2H3,(H2,31,32,33,34);1,9-17H,2-7H3,(H,29,33)(H2,28,30,31,32);1,9-17H,2-7H3,(H2,27,28,29,30);5-8,10,12-15H,9,11H2,1-4H3,(H2,27,28,29,30). The van der Waals surface area contributed by atoms with E-state index in [2.05, 4.69) is 122 Å². The third-order valence-corrected chi connectivity index (χ3v) is 29.5. The van der Waals surface area contributed by atoms with E-state index in [0.717, 1.165) is 81.3 Å². The number of hydrogen-bond acceptors (Lipinski definition) is 29. The van der Waals surface area contributed by atoms with Gasteiger partial charge < -0.3 is 67.4 Å². The maximum Gasteiger partial charge on any atom is 0.253 e. The van der Waals surface area contributed by atoms with Gasteiger partial charge in [-0.3, -0.25) is 14.6 Å². The molecule has 0 saturated carbocycles. The lowest BCUT2D eigenvalue weighted by Crippen LogP contribution is -2.30. The fraction of sp³-hybridized carbons (Fsp3) is 0.305. The molecule has 0 unspecified atom stereocenters. The summed E-state index contributed by atoms with van der Waals surface area (Å²) in [6, 6.07) is 44.8. The minimum absolute atomic E-state index is 0.0127. The van der Waals surface area contributed by atoms with Gasteiger partial charge in [0.1, 0.15) is 38.9 Å². The molecule has 140 heavy (non-hydrogen) atoms. The van der Waals surface area contributed by atoms with Gasteiger partial charge in [-0.25, -0.2) is 45.2 Å². The van der Waals surface area contributed by atoms with Gasteiger partial charge in [0, 0.05) is 70.5 Å². The normalized spacial score (nSPS) is 12.6. The maximum atomic E-state index is 12.9. The van der Waals surface area contributed by atoms with Crippen molar-refractivity contribution in [2.75, 3.05) is 55.6 Å². The summed E-state index contributed by atoms with van der Waals surface area (Å²) in [7, 11) is -10.5. The SMILES string of the molecule is C#Cc1cc(Nc2ncc(C)c(Nc3ccccc3C(=O)NC(C)C)n2)c(OC(C)C)cc1C.C#Cc1cc(Nc2ncc(C)c(Nc3ccccc3S(=O)(=O)C(C)C)n2)c(OC(C)C)cc1C.CC(C)Oc1ccc2c(c1Nc1ncc(Cl)c(Nc3ccccc3S(=O)(=O)C(C)C)n1)CCC2=O.CC(C)S(=O)(=O)c1ccccc1Nc1nc(Nc2ccc(C3CCNCC3)c3ccncc23)ncc1Cl. The minimum atomic E-state index is -3.54. The number of aromatic nitrogens is 9. The predicted octanol–water partition coefficient (Wildman–Crippen LogP) is 22.5. The number of carbonyl (C=O) groups is 2. The van der Waals surface area contributed by atoms with Gasteiger partial charge in [-0.1, -0.05) is 89.6 Å². The van der Waals surface area contributed by atoms with Crippen LogP contribution in [0.25, 0.3) is 10.8 Å². The highest BCUT2D eigenvalue weighted by Gasteiger charge is 2.31. The molecule has 1 aliphatic heterocycles. The first-order chi connectivity index (χ1) is 66.6. The second-order valence-electron chi connectivity index (χ2n) is 35.3. The average Bonchev–Trinajstić information content (AvgIpc) is 1.22. The molecule has 1 fully saturated rings. The molecule has 13 aromatic rings. The zero-order chi connectivity index (χ0) is 101. The smallest absolute Gasteiger partial charge is 0.253 e. The Morgan fingerprint density at radius 2 is 0.836 bits per heavy atom. The highest BCUT2D eigenvalue weighted by molar-refractivity contribution is 7.92. The Hall–Kier alpha value is -14.1. The first-order valence-electron chi connectivity index (χ1n) is 45.9. The fourth-order valence-corrected chi connectivity index (χ4v) is 18.9. The van der Waals surface area contributed by atoms with E-state index < -0.39 is 45.3 Å². The lowest BCUT2D eigenvalue weighted by Gasteiger charge is -2.25. The number of Topliss-reactive ketones (excluding diaryl/α,β-unsaturated/α-hetero) is 1. The lowest BCUT2D eigenvalue weighted by atomic mass is 9.87. The van der Waals surface area contributed by atoms with Crippen LogP contribution < -0.4 is 67.4 Å². The van der Waals surface area contributed by atoms with Crippen molar-refractivity contribution in [1.29, 1.82) is 0 Å². The summed E-state index contributed by atoms with van der Waals surface area (Å²) >= 11 is 12.8. The van der Waals surface area contributed by atoms with Gasteiger partial charge in [-0.15, -0.1) is 12.8 Å². The molecule has 0 atom stereocenters. The number of carbonyl (C=O) groups excluding carboxylic acids is 2. The first-order valence-corrected chi connectivity index (χ1v) is 51.3. The van der Waals surface area contributed by atoms with Gasteiger partial charge in [0.2, 0.25) is 23.8 Å². The second-order valence-corrected chi connectivity index (χ2v) is 43.6. The number of para-hydroxylation sites is 4. The zero-order valence-electron chi connectivity index (χ0n) is 81.4. The topological polar surface area (TPSA) is 401 Å². The summed E-state index contributed by atoms with van der Waals surface area (Å²) in [5, 5.41) is 32.8. The van der Waals surface area contributed by atoms with Crippen LogP contribution in [0, 0.1) is 52.4 Å². The number of rotatable bonds is 31. The van der Waals surface area contributed by atoms with Crippen LogP contribution >= 0.6 is 23.2 Å². The Bertz CT molecular complexity index is 7190. The number of ketones is 1. The summed E-state index contributed by atoms with van der Waals surface area (Å²) < 4.78 is 95.0. The number of halogens is 2. The highest BCUT2D eigenvalue weighted by Crippen LogP contribution is 2.43. The van der Waals surface area contributed by atoms with Crippen molar-refractivity contribution in [1.82, 2.24) is 55.5 Å². The summed E-state index contributed by atoms with van der Waals surface area (Å²) in [5.74, 6) is 10.6. The molecule has 0 bridgehead atoms. The Morgan fingerprint density at radius 3 is 1.29 bits per heavy atom. The fourth-order valence-electron chi connectivity index (χ4n) is 15.0. The Balaban J connectivity index is 0.000000167. The van der Waals surface area contributed by atoms with E-state index in [-0.39, 0.29) is 72.5 Å². The number of ether oxygens (including phenoxy) is 3. The quantitative estimate of drug-likeness (QED) is 0.0180. The average molecular weight is 1990 g/mol. The van der Waals surface area contributed by atoms with Gasteiger partial charge in [-0.05, 0) is 288 Å². The van der Waals surface area contributed by atoms with E-state index >= 15 is 0 Å². The zero-order valence-corrected chi connectivity index (χ0v) is 85.4. The van der Waals surface area contributed by atoms with Crippen LogP contribution in [0.3, 0.4) is 0 Å². The number of aryl methyl sites for hydroxylation is 4. The summed E-state index contributed by atoms with van der Waals surface area (Å²) in [6.07, 6.45) is 24.4. The van der Waals surface area contributed by atoms with Crippen LogP contribution in [0.5, 0.6) is 17.2 Å². The molecule has 15 rings (SSSR count). The number of pyridine rings is 1. The van der Waals surface area contributed by atoms with Crippen LogP contribution in [0.4, 0.5) is 92.6 Å². The minimum Gasteiger partial charge on any atom is -0.489 e. The maximum absolute atomic E-state index is 12.9. The molecule has 1 amide bonds. The van der Waals surface area contributed by atoms with Gasteiger partial charge >= 0.3 is 0 Å². The van der Waals surface area contributed by atoms with Crippen molar-refractivity contribution < 1.29 is 49.1 Å². The number of nitrogens with one attached hydrogen (secondary N) is 10. The molecule has 10 N–H and O–H groups in total. The van der Waals surface area contributed by atoms with Crippen LogP contribution in [-0.2, 0) is 35.9 Å². The van der Waals surface area contributed by atoms with Crippen LogP contribution in [0.2, 0.25) is 10.0 Å². The number of terminal acetylenes is 2. The van der Waals surface area contributed by atoms with Crippen LogP contribution in [-0.4, -0.2) is 135 Å². The molecule has 30 nitrogen and oxygen atoms in total. The van der Waals surface area contributed by atoms with Gasteiger partial charge in [0.15, 0.2) is 46.9 Å². The van der Waals surface area contributed by atoms with Crippen molar-refractivity contribution in [2.45, 2.75) is 211 Å². The van der Waals surface area contributed by atoms with Crippen molar-refractivity contribution in [3.8, 4) is 41.9 Å². The summed E-state index contributed by atoms with van der Waals surface area (Å²) in [5.41, 5.74) is 13.0. The predicted molar refractivity (Wildman–Crippen MR) is 560 cm³/mol. The number of nitrogens with zero attached hydrogens (tertiary/aromatic N) is 9. The molecule has 2 aliphatic rings. The van der Waals surface area contributed by atoms with E-state index in [0.29, 0.717) is 122 Å².